The first-order valence-corrected chi connectivity index (χ1v) is 7.08. The summed E-state index contributed by atoms with van der Waals surface area (Å²) in [6.45, 7) is 0. The molecule has 0 saturated carbocycles. The number of nitro groups is 1. The Hall–Kier alpha value is -1.85. The molecule has 0 aliphatic heterocycles. The van der Waals surface area contributed by atoms with E-state index in [1.165, 1.54) is 36.0 Å². The van der Waals surface area contributed by atoms with Crippen LogP contribution in [0.25, 0.3) is 0 Å². The van der Waals surface area contributed by atoms with Gasteiger partial charge in [-0.15, -0.1) is 11.8 Å². The fraction of sp³-hybridized carbons (Fsp3) is 0.0714. The molecule has 0 unspecified atom stereocenters. The van der Waals surface area contributed by atoms with Crippen molar-refractivity contribution in [3.8, 4) is 0 Å². The molecule has 0 heterocycles. The van der Waals surface area contributed by atoms with Gasteiger partial charge < -0.3 is 0 Å². The molecule has 0 aliphatic carbocycles. The minimum Gasteiger partial charge on any atom is -0.293 e. The van der Waals surface area contributed by atoms with Gasteiger partial charge in [0.25, 0.3) is 5.69 Å². The topological polar surface area (TPSA) is 60.2 Å². The molecule has 0 aromatic heterocycles. The average Bonchev–Trinajstić information content (AvgIpc) is 2.45. The SMILES string of the molecule is O=C(CSc1cccc(Cl)c1)c1ccc([N+](=O)[O-])cc1. The van der Waals surface area contributed by atoms with E-state index in [4.69, 9.17) is 11.6 Å². The third-order valence-electron chi connectivity index (χ3n) is 2.57. The summed E-state index contributed by atoms with van der Waals surface area (Å²) in [6.07, 6.45) is 0. The number of non-ortho nitro benzene ring substituents is 1. The number of nitro benzene ring substituents is 1. The Morgan fingerprint density at radius 3 is 2.50 bits per heavy atom. The zero-order valence-electron chi connectivity index (χ0n) is 10.3. The highest BCUT2D eigenvalue weighted by Crippen LogP contribution is 2.23. The van der Waals surface area contributed by atoms with Gasteiger partial charge in [-0.05, 0) is 30.3 Å². The molecule has 0 spiro atoms. The fourth-order valence-electron chi connectivity index (χ4n) is 1.56. The molecule has 0 aliphatic rings. The lowest BCUT2D eigenvalue weighted by Crippen LogP contribution is -2.02. The molecule has 6 heteroatoms. The maximum atomic E-state index is 12.0. The van der Waals surface area contributed by atoms with E-state index in [0.717, 1.165) is 4.90 Å². The lowest BCUT2D eigenvalue weighted by atomic mass is 10.1. The zero-order chi connectivity index (χ0) is 14.5. The number of hydrogen-bond donors (Lipinski definition) is 0. The zero-order valence-corrected chi connectivity index (χ0v) is 11.9. The van der Waals surface area contributed by atoms with E-state index in [1.54, 1.807) is 12.1 Å². The lowest BCUT2D eigenvalue weighted by Gasteiger charge is -2.02. The van der Waals surface area contributed by atoms with Crippen molar-refractivity contribution < 1.29 is 9.72 Å². The van der Waals surface area contributed by atoms with Gasteiger partial charge in [0, 0.05) is 27.6 Å². The van der Waals surface area contributed by atoms with Crippen molar-refractivity contribution in [2.75, 3.05) is 5.75 Å². The third-order valence-corrected chi connectivity index (χ3v) is 3.80. The second-order valence-corrected chi connectivity index (χ2v) is 5.46. The van der Waals surface area contributed by atoms with Gasteiger partial charge in [-0.25, -0.2) is 0 Å². The van der Waals surface area contributed by atoms with Gasteiger partial charge in [0.15, 0.2) is 5.78 Å². The highest BCUT2D eigenvalue weighted by Gasteiger charge is 2.10. The van der Waals surface area contributed by atoms with Crippen LogP contribution in [0.5, 0.6) is 0 Å². The summed E-state index contributed by atoms with van der Waals surface area (Å²) in [5.74, 6) is 0.183. The highest BCUT2D eigenvalue weighted by molar-refractivity contribution is 8.00. The molecule has 4 nitrogen and oxygen atoms in total. The number of carbonyl (C=O) groups is 1. The quantitative estimate of drug-likeness (QED) is 0.359. The molecule has 0 N–H and O–H groups in total. The molecule has 0 fully saturated rings. The Labute approximate surface area is 124 Å². The van der Waals surface area contributed by atoms with Crippen molar-refractivity contribution in [1.29, 1.82) is 0 Å². The van der Waals surface area contributed by atoms with Crippen LogP contribution in [0, 0.1) is 10.1 Å². The van der Waals surface area contributed by atoms with Crippen molar-refractivity contribution in [3.63, 3.8) is 0 Å². The summed E-state index contributed by atoms with van der Waals surface area (Å²) in [4.78, 5) is 22.9. The van der Waals surface area contributed by atoms with Crippen LogP contribution in [0.4, 0.5) is 5.69 Å². The number of rotatable bonds is 5. The van der Waals surface area contributed by atoms with Crippen LogP contribution >= 0.6 is 23.4 Å². The Morgan fingerprint density at radius 2 is 1.90 bits per heavy atom. The van der Waals surface area contributed by atoms with Crippen LogP contribution in [-0.4, -0.2) is 16.5 Å². The van der Waals surface area contributed by atoms with Crippen LogP contribution in [0.2, 0.25) is 5.02 Å². The molecule has 0 saturated heterocycles. The summed E-state index contributed by atoms with van der Waals surface area (Å²) >= 11 is 7.24. The molecule has 0 bridgehead atoms. The second-order valence-electron chi connectivity index (χ2n) is 3.97. The summed E-state index contributed by atoms with van der Waals surface area (Å²) in [5, 5.41) is 11.2. The predicted octanol–water partition coefficient (Wildman–Crippen LogP) is 4.22. The van der Waals surface area contributed by atoms with Gasteiger partial charge in [0.1, 0.15) is 0 Å². The first-order valence-electron chi connectivity index (χ1n) is 5.72. The maximum Gasteiger partial charge on any atom is 0.269 e. The van der Waals surface area contributed by atoms with Gasteiger partial charge >= 0.3 is 0 Å². The smallest absolute Gasteiger partial charge is 0.269 e. The van der Waals surface area contributed by atoms with E-state index in [9.17, 15) is 14.9 Å². The number of Topliss-reactive ketones (excluding diaryl/α,β-unsaturated/α-hetero) is 1. The molecule has 2 aromatic carbocycles. The van der Waals surface area contributed by atoms with Gasteiger partial charge in [-0.2, -0.15) is 0 Å². The monoisotopic (exact) mass is 307 g/mol. The molecule has 0 atom stereocenters. The predicted molar refractivity (Wildman–Crippen MR) is 79.6 cm³/mol. The summed E-state index contributed by atoms with van der Waals surface area (Å²) < 4.78 is 0. The Balaban J connectivity index is 1.99. The van der Waals surface area contributed by atoms with E-state index >= 15 is 0 Å². The minimum atomic E-state index is -0.491. The first kappa shape index (κ1) is 14.6. The minimum absolute atomic E-state index is 0.0240. The van der Waals surface area contributed by atoms with Gasteiger partial charge in [0.2, 0.25) is 0 Å². The summed E-state index contributed by atoms with van der Waals surface area (Å²) in [5.41, 5.74) is 0.439. The number of thioether (sulfide) groups is 1. The van der Waals surface area contributed by atoms with Crippen LogP contribution in [0.1, 0.15) is 10.4 Å². The van der Waals surface area contributed by atoms with Gasteiger partial charge in [-0.3, -0.25) is 14.9 Å². The molecular weight excluding hydrogens is 298 g/mol. The van der Waals surface area contributed by atoms with Crippen LogP contribution in [-0.2, 0) is 0 Å². The van der Waals surface area contributed by atoms with Crippen LogP contribution in [0.15, 0.2) is 53.4 Å². The van der Waals surface area contributed by atoms with Crippen LogP contribution < -0.4 is 0 Å². The molecular formula is C14H10ClNO3S. The molecule has 0 radical (unpaired) electrons. The van der Waals surface area contributed by atoms with E-state index in [0.29, 0.717) is 10.6 Å². The standard InChI is InChI=1S/C14H10ClNO3S/c15-11-2-1-3-13(8-11)20-9-14(17)10-4-6-12(7-5-10)16(18)19/h1-8H,9H2. The molecule has 0 amide bonds. The Bertz CT molecular complexity index is 643. The molecule has 2 rings (SSSR count). The number of carbonyl (C=O) groups excluding carboxylic acids is 1. The molecule has 102 valence electrons. The molecule has 2 aromatic rings. The second kappa shape index (κ2) is 6.54. The van der Waals surface area contributed by atoms with Crippen molar-refractivity contribution in [1.82, 2.24) is 0 Å². The Kier molecular flexibility index (Phi) is 4.76. The lowest BCUT2D eigenvalue weighted by molar-refractivity contribution is -0.384. The number of halogens is 1. The third kappa shape index (κ3) is 3.82. The van der Waals surface area contributed by atoms with Crippen molar-refractivity contribution >= 4 is 34.8 Å². The van der Waals surface area contributed by atoms with Crippen LogP contribution in [0.3, 0.4) is 0 Å². The van der Waals surface area contributed by atoms with E-state index < -0.39 is 4.92 Å². The maximum absolute atomic E-state index is 12.0. The molecule has 20 heavy (non-hydrogen) atoms. The number of ketones is 1. The van der Waals surface area contributed by atoms with E-state index in [-0.39, 0.29) is 17.2 Å². The van der Waals surface area contributed by atoms with Gasteiger partial charge in [-0.1, -0.05) is 17.7 Å². The Morgan fingerprint density at radius 1 is 1.20 bits per heavy atom. The van der Waals surface area contributed by atoms with Crippen molar-refractivity contribution in [3.05, 3.63) is 69.2 Å². The van der Waals surface area contributed by atoms with Crippen molar-refractivity contribution in [2.45, 2.75) is 4.90 Å². The normalized spacial score (nSPS) is 10.2. The highest BCUT2D eigenvalue weighted by atomic mass is 35.5. The van der Waals surface area contributed by atoms with Crippen molar-refractivity contribution in [2.24, 2.45) is 0 Å². The number of benzene rings is 2. The number of hydrogen-bond acceptors (Lipinski definition) is 4. The van der Waals surface area contributed by atoms with Gasteiger partial charge in [0.05, 0.1) is 10.7 Å². The fourth-order valence-corrected chi connectivity index (χ4v) is 2.66. The van der Waals surface area contributed by atoms with E-state index in [1.807, 2.05) is 12.1 Å². The number of nitrogens with zero attached hydrogens (tertiary/aromatic N) is 1. The summed E-state index contributed by atoms with van der Waals surface area (Å²) in [6, 6.07) is 12.9. The first-order chi connectivity index (χ1) is 9.56. The largest absolute Gasteiger partial charge is 0.293 e. The summed E-state index contributed by atoms with van der Waals surface area (Å²) in [7, 11) is 0. The average molecular weight is 308 g/mol. The van der Waals surface area contributed by atoms with E-state index in [2.05, 4.69) is 0 Å².